The summed E-state index contributed by atoms with van der Waals surface area (Å²) in [5.74, 6) is 0.854. The van der Waals surface area contributed by atoms with E-state index in [-0.39, 0.29) is 23.5 Å². The van der Waals surface area contributed by atoms with Crippen molar-refractivity contribution in [2.45, 2.75) is 57.0 Å². The summed E-state index contributed by atoms with van der Waals surface area (Å²) in [7, 11) is -1.33. The van der Waals surface area contributed by atoms with Gasteiger partial charge in [0.2, 0.25) is 0 Å². The fourth-order valence-corrected chi connectivity index (χ4v) is 5.46. The second kappa shape index (κ2) is 7.72. The van der Waals surface area contributed by atoms with Crippen LogP contribution in [0.1, 0.15) is 55.3 Å². The Morgan fingerprint density at radius 3 is 2.44 bits per heavy atom. The van der Waals surface area contributed by atoms with Gasteiger partial charge in [-0.2, -0.15) is 0 Å². The molecule has 1 saturated heterocycles. The molecule has 7 heteroatoms. The van der Waals surface area contributed by atoms with E-state index >= 15 is 0 Å². The van der Waals surface area contributed by atoms with Crippen LogP contribution in [0.3, 0.4) is 0 Å². The number of hydrogen-bond donors (Lipinski definition) is 1. The second-order valence-corrected chi connectivity index (χ2v) is 9.47. The molecule has 2 fully saturated rings. The molecule has 1 aromatic rings. The van der Waals surface area contributed by atoms with E-state index in [1.807, 2.05) is 6.07 Å². The Labute approximate surface area is 149 Å². The summed E-state index contributed by atoms with van der Waals surface area (Å²) in [5, 5.41) is 3.47. The highest BCUT2D eigenvalue weighted by Gasteiger charge is 2.33. The van der Waals surface area contributed by atoms with Crippen LogP contribution in [0.25, 0.3) is 0 Å². The van der Waals surface area contributed by atoms with E-state index in [0.717, 1.165) is 5.82 Å². The van der Waals surface area contributed by atoms with Crippen molar-refractivity contribution in [3.05, 3.63) is 23.9 Å². The number of nitrogens with one attached hydrogen (secondary N) is 1. The highest BCUT2D eigenvalue weighted by Crippen LogP contribution is 2.21. The van der Waals surface area contributed by atoms with Gasteiger partial charge in [-0.15, -0.1) is 0 Å². The van der Waals surface area contributed by atoms with Crippen LogP contribution in [0.2, 0.25) is 0 Å². The van der Waals surface area contributed by atoms with Gasteiger partial charge in [0.15, 0.2) is 9.84 Å². The monoisotopic (exact) mass is 365 g/mol. The fourth-order valence-electron chi connectivity index (χ4n) is 3.69. The first-order valence-corrected chi connectivity index (χ1v) is 11.0. The first-order chi connectivity index (χ1) is 11.9. The molecule has 1 aliphatic carbocycles. The second-order valence-electron chi connectivity index (χ2n) is 7.24. The van der Waals surface area contributed by atoms with Crippen LogP contribution in [0.15, 0.2) is 18.3 Å². The van der Waals surface area contributed by atoms with Crippen molar-refractivity contribution in [2.24, 2.45) is 0 Å². The molecule has 1 N–H and O–H groups in total. The Morgan fingerprint density at radius 1 is 1.16 bits per heavy atom. The van der Waals surface area contributed by atoms with Crippen LogP contribution in [-0.2, 0) is 9.84 Å². The number of nitrogens with zero attached hydrogens (tertiary/aromatic N) is 2. The number of anilines is 1. The lowest BCUT2D eigenvalue weighted by Gasteiger charge is -2.23. The molecule has 6 nitrogen and oxygen atoms in total. The van der Waals surface area contributed by atoms with Crippen LogP contribution >= 0.6 is 0 Å². The van der Waals surface area contributed by atoms with Crippen molar-refractivity contribution in [1.29, 1.82) is 0 Å². The Hall–Kier alpha value is -1.63. The molecule has 0 radical (unpaired) electrons. The molecule has 1 saturated carbocycles. The molecule has 0 bridgehead atoms. The van der Waals surface area contributed by atoms with Crippen LogP contribution in [0.4, 0.5) is 5.82 Å². The van der Waals surface area contributed by atoms with Gasteiger partial charge in [0, 0.05) is 25.3 Å². The van der Waals surface area contributed by atoms with E-state index in [4.69, 9.17) is 0 Å². The van der Waals surface area contributed by atoms with Gasteiger partial charge in [-0.1, -0.05) is 25.7 Å². The van der Waals surface area contributed by atoms with E-state index in [9.17, 15) is 13.2 Å². The molecule has 0 aromatic carbocycles. The normalized spacial score (nSPS) is 23.8. The Kier molecular flexibility index (Phi) is 5.61. The lowest BCUT2D eigenvalue weighted by Crippen LogP contribution is -2.37. The average Bonchev–Trinajstić information content (AvgIpc) is 2.80. The summed E-state index contributed by atoms with van der Waals surface area (Å²) in [6, 6.07) is 3.84. The molecule has 1 amide bonds. The van der Waals surface area contributed by atoms with Gasteiger partial charge < -0.3 is 10.2 Å². The van der Waals surface area contributed by atoms with Crippen molar-refractivity contribution < 1.29 is 13.2 Å². The fraction of sp³-hybridized carbons (Fsp3) is 0.667. The van der Waals surface area contributed by atoms with Crippen LogP contribution in [0, 0.1) is 0 Å². The molecular weight excluding hydrogens is 338 g/mol. The number of amides is 1. The maximum atomic E-state index is 12.6. The summed E-state index contributed by atoms with van der Waals surface area (Å²) in [6.07, 6.45) is 9.56. The van der Waals surface area contributed by atoms with Gasteiger partial charge in [0.1, 0.15) is 5.82 Å². The zero-order chi connectivity index (χ0) is 17.9. The largest absolute Gasteiger partial charge is 0.367 e. The Bertz CT molecular complexity index is 695. The van der Waals surface area contributed by atoms with E-state index in [1.165, 1.54) is 38.5 Å². The van der Waals surface area contributed by atoms with Crippen molar-refractivity contribution in [1.82, 2.24) is 9.88 Å². The van der Waals surface area contributed by atoms with E-state index < -0.39 is 9.84 Å². The minimum absolute atomic E-state index is 0.0595. The first kappa shape index (κ1) is 18.2. The van der Waals surface area contributed by atoms with Crippen molar-refractivity contribution in [3.63, 3.8) is 0 Å². The van der Waals surface area contributed by atoms with Crippen molar-refractivity contribution in [2.75, 3.05) is 23.9 Å². The highest BCUT2D eigenvalue weighted by molar-refractivity contribution is 7.91. The van der Waals surface area contributed by atoms with Gasteiger partial charge in [-0.05, 0) is 31.4 Å². The molecule has 1 aromatic heterocycles. The minimum atomic E-state index is -3.00. The zero-order valence-corrected chi connectivity index (χ0v) is 15.6. The molecule has 2 heterocycles. The van der Waals surface area contributed by atoms with E-state index in [2.05, 4.69) is 10.3 Å². The van der Waals surface area contributed by atoms with Crippen LogP contribution < -0.4 is 5.32 Å². The number of carbonyl (C=O) groups excluding carboxylic acids is 1. The van der Waals surface area contributed by atoms with Gasteiger partial charge >= 0.3 is 0 Å². The molecule has 25 heavy (non-hydrogen) atoms. The van der Waals surface area contributed by atoms with Crippen molar-refractivity contribution >= 4 is 21.6 Å². The van der Waals surface area contributed by atoms with Gasteiger partial charge in [0.25, 0.3) is 5.91 Å². The number of carbonyl (C=O) groups is 1. The molecule has 2 aliphatic rings. The lowest BCUT2D eigenvalue weighted by molar-refractivity contribution is 0.0747. The van der Waals surface area contributed by atoms with Gasteiger partial charge in [-0.25, -0.2) is 13.4 Å². The molecule has 3 rings (SSSR count). The topological polar surface area (TPSA) is 79.4 Å². The predicted octanol–water partition coefficient (Wildman–Crippen LogP) is 2.48. The number of sulfone groups is 1. The molecule has 1 unspecified atom stereocenters. The molecule has 0 spiro atoms. The minimum Gasteiger partial charge on any atom is -0.367 e. The van der Waals surface area contributed by atoms with Gasteiger partial charge in [0.05, 0.1) is 17.1 Å². The summed E-state index contributed by atoms with van der Waals surface area (Å²) < 4.78 is 23.2. The van der Waals surface area contributed by atoms with E-state index in [1.54, 1.807) is 24.2 Å². The lowest BCUT2D eigenvalue weighted by atomic mass is 10.1. The number of aromatic nitrogens is 1. The Balaban J connectivity index is 1.60. The highest BCUT2D eigenvalue weighted by atomic mass is 32.2. The van der Waals surface area contributed by atoms with Gasteiger partial charge in [-0.3, -0.25) is 4.79 Å². The SMILES string of the molecule is CN(C(=O)c1ccc(NC2CCCCCC2)nc1)C1CCS(=O)(=O)C1. The third-order valence-electron chi connectivity index (χ3n) is 5.29. The van der Waals surface area contributed by atoms with Crippen LogP contribution in [0.5, 0.6) is 0 Å². The summed E-state index contributed by atoms with van der Waals surface area (Å²) in [4.78, 5) is 18.5. The van der Waals surface area contributed by atoms with E-state index in [0.29, 0.717) is 18.0 Å². The number of rotatable bonds is 4. The predicted molar refractivity (Wildman–Crippen MR) is 98.5 cm³/mol. The molecule has 1 atom stereocenters. The maximum Gasteiger partial charge on any atom is 0.255 e. The molecule has 138 valence electrons. The maximum absolute atomic E-state index is 12.6. The Morgan fingerprint density at radius 2 is 1.88 bits per heavy atom. The third kappa shape index (κ3) is 4.71. The smallest absolute Gasteiger partial charge is 0.255 e. The summed E-state index contributed by atoms with van der Waals surface area (Å²) in [5.41, 5.74) is 0.498. The molecular formula is C18H27N3O3S. The average molecular weight is 365 g/mol. The standard InChI is InChI=1S/C18H27N3O3S/c1-21(16-10-11-25(23,24)13-16)18(22)14-8-9-17(19-12-14)20-15-6-4-2-3-5-7-15/h8-9,12,15-16H,2-7,10-11,13H2,1H3,(H,19,20). The zero-order valence-electron chi connectivity index (χ0n) is 14.8. The number of pyridine rings is 1. The van der Waals surface area contributed by atoms with Crippen molar-refractivity contribution in [3.8, 4) is 0 Å². The number of hydrogen-bond acceptors (Lipinski definition) is 5. The third-order valence-corrected chi connectivity index (χ3v) is 7.04. The van der Waals surface area contributed by atoms with Crippen LogP contribution in [-0.4, -0.2) is 54.8 Å². The summed E-state index contributed by atoms with van der Waals surface area (Å²) in [6.45, 7) is 0. The summed E-state index contributed by atoms with van der Waals surface area (Å²) >= 11 is 0. The quantitative estimate of drug-likeness (QED) is 0.829. The molecule has 1 aliphatic heterocycles. The first-order valence-electron chi connectivity index (χ1n) is 9.15.